The second kappa shape index (κ2) is 9.33. The summed E-state index contributed by atoms with van der Waals surface area (Å²) in [5.74, 6) is 1.12. The maximum absolute atomic E-state index is 12.6. The number of rotatable bonds is 7. The summed E-state index contributed by atoms with van der Waals surface area (Å²) in [5, 5.41) is 12.0. The zero-order chi connectivity index (χ0) is 22.7. The molecule has 0 aliphatic carbocycles. The van der Waals surface area contributed by atoms with Gasteiger partial charge < -0.3 is 19.3 Å². The van der Waals surface area contributed by atoms with Crippen molar-refractivity contribution < 1.29 is 18.8 Å². The van der Waals surface area contributed by atoms with Crippen LogP contribution >= 0.6 is 23.2 Å². The molecule has 0 unspecified atom stereocenters. The zero-order valence-electron chi connectivity index (χ0n) is 17.1. The lowest BCUT2D eigenvalue weighted by Crippen LogP contribution is -2.11. The Kier molecular flexibility index (Phi) is 6.34. The average molecular weight is 473 g/mol. The molecular formula is C22H18Cl2N4O4. The first-order valence-corrected chi connectivity index (χ1v) is 10.2. The van der Waals surface area contributed by atoms with E-state index in [2.05, 4.69) is 15.6 Å². The summed E-state index contributed by atoms with van der Waals surface area (Å²) >= 11 is 12.1. The third-order valence-corrected chi connectivity index (χ3v) is 5.24. The lowest BCUT2D eigenvalue weighted by Gasteiger charge is -2.07. The van der Waals surface area contributed by atoms with Gasteiger partial charge in [-0.15, -0.1) is 0 Å². The van der Waals surface area contributed by atoms with Crippen molar-refractivity contribution in [2.75, 3.05) is 19.5 Å². The Hall–Kier alpha value is -3.49. The van der Waals surface area contributed by atoms with Gasteiger partial charge in [0, 0.05) is 27.9 Å². The summed E-state index contributed by atoms with van der Waals surface area (Å²) in [6.07, 6.45) is 3.23. The van der Waals surface area contributed by atoms with Gasteiger partial charge in [0.1, 0.15) is 0 Å². The van der Waals surface area contributed by atoms with Crippen LogP contribution in [0.2, 0.25) is 10.0 Å². The van der Waals surface area contributed by atoms with E-state index in [1.54, 1.807) is 61.5 Å². The first-order valence-electron chi connectivity index (χ1n) is 9.43. The van der Waals surface area contributed by atoms with E-state index in [-0.39, 0.29) is 5.69 Å². The Morgan fingerprint density at radius 2 is 1.91 bits per heavy atom. The minimum atomic E-state index is -0.426. The van der Waals surface area contributed by atoms with Crippen LogP contribution in [-0.4, -0.2) is 35.1 Å². The summed E-state index contributed by atoms with van der Waals surface area (Å²) in [5.41, 5.74) is 2.19. The number of nitrogens with one attached hydrogen (secondary N) is 1. The van der Waals surface area contributed by atoms with Crippen molar-refractivity contribution in [1.82, 2.24) is 14.9 Å². The molecule has 1 N–H and O–H groups in total. The number of anilines is 1. The average Bonchev–Trinajstić information content (AvgIpc) is 3.45. The fourth-order valence-electron chi connectivity index (χ4n) is 3.04. The molecule has 0 radical (unpaired) electrons. The monoisotopic (exact) mass is 472 g/mol. The van der Waals surface area contributed by atoms with Gasteiger partial charge in [0.15, 0.2) is 23.0 Å². The number of amides is 1. The number of nitrogens with zero attached hydrogens (tertiary/aromatic N) is 3. The number of ether oxygens (including phenoxy) is 2. The molecule has 10 heteroatoms. The van der Waals surface area contributed by atoms with Crippen LogP contribution in [0.25, 0.3) is 11.3 Å². The van der Waals surface area contributed by atoms with E-state index >= 15 is 0 Å². The fraction of sp³-hybridized carbons (Fsp3) is 0.136. The van der Waals surface area contributed by atoms with Crippen molar-refractivity contribution in [2.24, 2.45) is 0 Å². The minimum absolute atomic E-state index is 0.128. The summed E-state index contributed by atoms with van der Waals surface area (Å²) in [6, 6.07) is 12.1. The van der Waals surface area contributed by atoms with Gasteiger partial charge in [-0.1, -0.05) is 34.4 Å². The topological polar surface area (TPSA) is 91.4 Å². The van der Waals surface area contributed by atoms with E-state index in [1.807, 2.05) is 6.07 Å². The van der Waals surface area contributed by atoms with Gasteiger partial charge in [0.25, 0.3) is 5.91 Å². The first-order chi connectivity index (χ1) is 15.5. The van der Waals surface area contributed by atoms with Crippen LogP contribution in [0.5, 0.6) is 11.5 Å². The lowest BCUT2D eigenvalue weighted by molar-refractivity contribution is 0.101. The molecule has 1 amide bonds. The Bertz CT molecular complexity index is 1270. The third-order valence-electron chi connectivity index (χ3n) is 4.65. The highest BCUT2D eigenvalue weighted by molar-refractivity contribution is 6.35. The number of methoxy groups -OCH3 is 2. The molecule has 0 fully saturated rings. The van der Waals surface area contributed by atoms with Gasteiger partial charge in [-0.25, -0.2) is 0 Å². The van der Waals surface area contributed by atoms with Crippen molar-refractivity contribution >= 4 is 34.8 Å². The molecule has 164 valence electrons. The van der Waals surface area contributed by atoms with Crippen LogP contribution in [0.4, 0.5) is 5.69 Å². The summed E-state index contributed by atoms with van der Waals surface area (Å²) in [6.45, 7) is 0.430. The van der Waals surface area contributed by atoms with Crippen LogP contribution in [0.1, 0.15) is 16.1 Å². The molecule has 4 aromatic rings. The van der Waals surface area contributed by atoms with Gasteiger partial charge in [-0.05, 0) is 35.9 Å². The van der Waals surface area contributed by atoms with Crippen molar-refractivity contribution in [3.8, 4) is 22.8 Å². The molecule has 2 aromatic heterocycles. The Morgan fingerprint density at radius 3 is 2.66 bits per heavy atom. The summed E-state index contributed by atoms with van der Waals surface area (Å²) in [4.78, 5) is 12.6. The number of hydrogen-bond donors (Lipinski definition) is 1. The van der Waals surface area contributed by atoms with Gasteiger partial charge in [0.2, 0.25) is 0 Å². The van der Waals surface area contributed by atoms with E-state index in [0.29, 0.717) is 45.1 Å². The van der Waals surface area contributed by atoms with Crippen LogP contribution < -0.4 is 14.8 Å². The molecule has 0 aliphatic heterocycles. The van der Waals surface area contributed by atoms with Crippen LogP contribution in [0.15, 0.2) is 59.4 Å². The number of aromatic nitrogens is 3. The first kappa shape index (κ1) is 21.7. The molecule has 0 bridgehead atoms. The molecule has 0 aliphatic rings. The van der Waals surface area contributed by atoms with E-state index in [0.717, 1.165) is 5.56 Å². The van der Waals surface area contributed by atoms with Gasteiger partial charge >= 0.3 is 0 Å². The summed E-state index contributed by atoms with van der Waals surface area (Å²) in [7, 11) is 3.10. The smallest absolute Gasteiger partial charge is 0.277 e. The van der Waals surface area contributed by atoms with Crippen LogP contribution in [0.3, 0.4) is 0 Å². The minimum Gasteiger partial charge on any atom is -0.493 e. The number of benzene rings is 2. The molecule has 0 saturated heterocycles. The maximum atomic E-state index is 12.6. The molecular weight excluding hydrogens is 455 g/mol. The zero-order valence-corrected chi connectivity index (χ0v) is 18.6. The number of carbonyl (C=O) groups is 1. The normalized spacial score (nSPS) is 10.8. The van der Waals surface area contributed by atoms with Crippen LogP contribution in [-0.2, 0) is 6.54 Å². The summed E-state index contributed by atoms with van der Waals surface area (Å²) < 4.78 is 17.5. The van der Waals surface area contributed by atoms with Gasteiger partial charge in [-0.3, -0.25) is 9.48 Å². The molecule has 0 saturated carbocycles. The van der Waals surface area contributed by atoms with Crippen molar-refractivity contribution in [3.63, 3.8) is 0 Å². The van der Waals surface area contributed by atoms with Crippen molar-refractivity contribution in [1.29, 1.82) is 0 Å². The lowest BCUT2D eigenvalue weighted by atomic mass is 10.1. The Morgan fingerprint density at radius 1 is 1.09 bits per heavy atom. The molecule has 32 heavy (non-hydrogen) atoms. The SMILES string of the molecule is COc1ccc(-c2cc(C(=O)Nc3cnn(Cc4ccc(Cl)cc4Cl)c3)no2)cc1OC. The van der Waals surface area contributed by atoms with Crippen molar-refractivity contribution in [2.45, 2.75) is 6.54 Å². The molecule has 0 atom stereocenters. The predicted octanol–water partition coefficient (Wildman–Crippen LogP) is 5.16. The number of carbonyl (C=O) groups excluding carboxylic acids is 1. The van der Waals surface area contributed by atoms with Crippen LogP contribution in [0, 0.1) is 0 Å². The third kappa shape index (κ3) is 4.71. The second-order valence-electron chi connectivity index (χ2n) is 6.76. The Balaban J connectivity index is 1.45. The van der Waals surface area contributed by atoms with Gasteiger partial charge in [0.05, 0.1) is 32.6 Å². The number of hydrogen-bond acceptors (Lipinski definition) is 6. The standard InChI is InChI=1S/C22H18Cl2N4O4/c1-30-19-6-4-13(7-21(19)31-2)20-9-18(27-32-20)22(29)26-16-10-25-28(12-16)11-14-3-5-15(23)8-17(14)24/h3-10,12H,11H2,1-2H3,(H,26,29). The maximum Gasteiger partial charge on any atom is 0.277 e. The largest absolute Gasteiger partial charge is 0.493 e. The highest BCUT2D eigenvalue weighted by Gasteiger charge is 2.16. The molecule has 8 nitrogen and oxygen atoms in total. The number of halogens is 2. The van der Waals surface area contributed by atoms with E-state index in [4.69, 9.17) is 37.2 Å². The Labute approximate surface area is 193 Å². The fourth-order valence-corrected chi connectivity index (χ4v) is 3.51. The van der Waals surface area contributed by atoms with E-state index in [1.165, 1.54) is 6.20 Å². The second-order valence-corrected chi connectivity index (χ2v) is 7.61. The van der Waals surface area contributed by atoms with E-state index in [9.17, 15) is 4.79 Å². The molecule has 4 rings (SSSR count). The molecule has 0 spiro atoms. The highest BCUT2D eigenvalue weighted by atomic mass is 35.5. The predicted molar refractivity (Wildman–Crippen MR) is 121 cm³/mol. The molecule has 2 aromatic carbocycles. The molecule has 2 heterocycles. The van der Waals surface area contributed by atoms with Crippen molar-refractivity contribution in [3.05, 3.63) is 76.2 Å². The highest BCUT2D eigenvalue weighted by Crippen LogP contribution is 2.32. The van der Waals surface area contributed by atoms with E-state index < -0.39 is 5.91 Å². The quantitative estimate of drug-likeness (QED) is 0.399. The van der Waals surface area contributed by atoms with Gasteiger partial charge in [-0.2, -0.15) is 5.10 Å².